The summed E-state index contributed by atoms with van der Waals surface area (Å²) >= 11 is 9.71. The van der Waals surface area contributed by atoms with Gasteiger partial charge in [-0.1, -0.05) is 45.7 Å². The van der Waals surface area contributed by atoms with Crippen molar-refractivity contribution in [3.63, 3.8) is 0 Å². The van der Waals surface area contributed by atoms with Crippen LogP contribution in [0.5, 0.6) is 0 Å². The number of amides is 1. The van der Waals surface area contributed by atoms with Gasteiger partial charge in [-0.3, -0.25) is 4.90 Å². The fourth-order valence-corrected chi connectivity index (χ4v) is 3.89. The molecule has 1 atom stereocenters. The van der Waals surface area contributed by atoms with E-state index in [0.717, 1.165) is 5.56 Å². The fraction of sp³-hybridized carbons (Fsp3) is 0.350. The maximum atomic E-state index is 14.5. The van der Waals surface area contributed by atoms with Gasteiger partial charge in [-0.2, -0.15) is 0 Å². The molecular weight excluding hydrogens is 421 g/mol. The van der Waals surface area contributed by atoms with E-state index in [4.69, 9.17) is 16.3 Å². The van der Waals surface area contributed by atoms with Crippen LogP contribution >= 0.6 is 27.5 Å². The van der Waals surface area contributed by atoms with Gasteiger partial charge in [0.2, 0.25) is 0 Å². The number of anilines is 1. The van der Waals surface area contributed by atoms with Crippen molar-refractivity contribution in [1.82, 2.24) is 0 Å². The topological polar surface area (TPSA) is 29.5 Å². The molecule has 26 heavy (non-hydrogen) atoms. The summed E-state index contributed by atoms with van der Waals surface area (Å²) in [4.78, 5) is 14.5. The largest absolute Gasteiger partial charge is 0.443 e. The van der Waals surface area contributed by atoms with Crippen LogP contribution in [0.25, 0.3) is 0 Å². The smallest absolute Gasteiger partial charge is 0.415 e. The lowest BCUT2D eigenvalue weighted by Crippen LogP contribution is -2.42. The van der Waals surface area contributed by atoms with Crippen LogP contribution in [0.4, 0.5) is 14.9 Å². The Hall–Kier alpha value is -1.59. The minimum atomic E-state index is -0.662. The highest BCUT2D eigenvalue weighted by Gasteiger charge is 2.37. The number of hydrogen-bond acceptors (Lipinski definition) is 2. The number of carbonyl (C=O) groups is 1. The lowest BCUT2D eigenvalue weighted by molar-refractivity contribution is 0.0559. The van der Waals surface area contributed by atoms with E-state index in [1.807, 2.05) is 39.0 Å². The van der Waals surface area contributed by atoms with Crippen LogP contribution in [0, 0.1) is 5.82 Å². The highest BCUT2D eigenvalue weighted by atomic mass is 79.9. The first-order valence-corrected chi connectivity index (χ1v) is 9.59. The van der Waals surface area contributed by atoms with Gasteiger partial charge in [-0.15, -0.1) is 0 Å². The van der Waals surface area contributed by atoms with Crippen molar-refractivity contribution in [1.29, 1.82) is 0 Å². The summed E-state index contributed by atoms with van der Waals surface area (Å²) in [6.45, 7) is 5.42. The number of benzene rings is 2. The van der Waals surface area contributed by atoms with E-state index in [0.29, 0.717) is 33.6 Å². The molecule has 2 aromatic carbocycles. The van der Waals surface area contributed by atoms with Crippen molar-refractivity contribution in [2.24, 2.45) is 0 Å². The number of nitrogens with zero attached hydrogens (tertiary/aromatic N) is 1. The zero-order chi connectivity index (χ0) is 19.1. The van der Waals surface area contributed by atoms with Crippen molar-refractivity contribution in [3.05, 3.63) is 62.8 Å². The standard InChI is InChI=1S/C20H20BrClFNO2/c1-20(2,3)26-19(25)24-17(13-6-4-5-7-15(13)22)9-8-14-16(23)10-12(21)11-18(14)24/h4-7,10-11,17H,8-9H2,1-3H3. The molecule has 6 heteroatoms. The third-order valence-electron chi connectivity index (χ3n) is 4.23. The first-order valence-electron chi connectivity index (χ1n) is 8.42. The van der Waals surface area contributed by atoms with Crippen molar-refractivity contribution in [2.75, 3.05) is 4.90 Å². The van der Waals surface area contributed by atoms with Crippen molar-refractivity contribution < 1.29 is 13.9 Å². The predicted molar refractivity (Wildman–Crippen MR) is 105 cm³/mol. The Balaban J connectivity index is 2.13. The van der Waals surface area contributed by atoms with E-state index < -0.39 is 11.7 Å². The van der Waals surface area contributed by atoms with Crippen LogP contribution in [-0.2, 0) is 11.2 Å². The van der Waals surface area contributed by atoms with Gasteiger partial charge in [0.25, 0.3) is 0 Å². The summed E-state index contributed by atoms with van der Waals surface area (Å²) in [5.74, 6) is -0.333. The molecule has 1 aliphatic heterocycles. The molecule has 138 valence electrons. The molecule has 0 bridgehead atoms. The Kier molecular flexibility index (Phi) is 5.31. The molecule has 3 rings (SSSR count). The molecule has 0 radical (unpaired) electrons. The van der Waals surface area contributed by atoms with Gasteiger partial charge < -0.3 is 4.74 Å². The Labute approximate surface area is 166 Å². The summed E-state index contributed by atoms with van der Waals surface area (Å²) in [7, 11) is 0. The summed E-state index contributed by atoms with van der Waals surface area (Å²) < 4.78 is 20.7. The van der Waals surface area contributed by atoms with Crippen LogP contribution in [0.15, 0.2) is 40.9 Å². The fourth-order valence-electron chi connectivity index (χ4n) is 3.21. The first-order chi connectivity index (χ1) is 12.2. The number of halogens is 3. The Morgan fingerprint density at radius 3 is 2.65 bits per heavy atom. The van der Waals surface area contributed by atoms with Gasteiger partial charge in [0.1, 0.15) is 11.4 Å². The molecule has 2 aromatic rings. The number of hydrogen-bond donors (Lipinski definition) is 0. The number of rotatable bonds is 1. The van der Waals surface area contributed by atoms with Crippen molar-refractivity contribution in [2.45, 2.75) is 45.3 Å². The minimum Gasteiger partial charge on any atom is -0.443 e. The molecule has 0 spiro atoms. The van der Waals surface area contributed by atoms with Crippen LogP contribution < -0.4 is 4.90 Å². The summed E-state index contributed by atoms with van der Waals surface area (Å²) in [5.41, 5.74) is 1.19. The first kappa shape index (κ1) is 19.2. The zero-order valence-electron chi connectivity index (χ0n) is 14.9. The van der Waals surface area contributed by atoms with Gasteiger partial charge in [0.15, 0.2) is 0 Å². The summed E-state index contributed by atoms with van der Waals surface area (Å²) in [6.07, 6.45) is 0.568. The molecule has 0 fully saturated rings. The molecule has 0 saturated carbocycles. The van der Waals surface area contributed by atoms with E-state index in [1.54, 1.807) is 12.1 Å². The SMILES string of the molecule is CC(C)(C)OC(=O)N1c2cc(Br)cc(F)c2CCC1c1ccccc1Cl. The van der Waals surface area contributed by atoms with Crippen LogP contribution in [0.2, 0.25) is 5.02 Å². The Bertz CT molecular complexity index is 850. The Morgan fingerprint density at radius 2 is 2.00 bits per heavy atom. The van der Waals surface area contributed by atoms with E-state index in [2.05, 4.69) is 15.9 Å². The summed E-state index contributed by atoms with van der Waals surface area (Å²) in [5, 5.41) is 0.574. The van der Waals surface area contributed by atoms with E-state index in [9.17, 15) is 9.18 Å². The van der Waals surface area contributed by atoms with Gasteiger partial charge in [0, 0.05) is 15.1 Å². The van der Waals surface area contributed by atoms with Crippen LogP contribution in [0.3, 0.4) is 0 Å². The van der Waals surface area contributed by atoms with Gasteiger partial charge in [-0.05, 0) is 57.4 Å². The second-order valence-corrected chi connectivity index (χ2v) is 8.63. The monoisotopic (exact) mass is 439 g/mol. The van der Waals surface area contributed by atoms with Crippen LogP contribution in [0.1, 0.15) is 44.4 Å². The number of fused-ring (bicyclic) bond motifs is 1. The average molecular weight is 441 g/mol. The maximum Gasteiger partial charge on any atom is 0.415 e. The third kappa shape index (κ3) is 3.89. The van der Waals surface area contributed by atoms with Crippen molar-refractivity contribution in [3.8, 4) is 0 Å². The molecule has 1 amide bonds. The quantitative estimate of drug-likeness (QED) is 0.495. The van der Waals surface area contributed by atoms with E-state index in [-0.39, 0.29) is 11.9 Å². The number of ether oxygens (including phenoxy) is 1. The van der Waals surface area contributed by atoms with Gasteiger partial charge in [-0.25, -0.2) is 9.18 Å². The minimum absolute atomic E-state index is 0.320. The molecule has 0 N–H and O–H groups in total. The lowest BCUT2D eigenvalue weighted by atomic mass is 9.91. The lowest BCUT2D eigenvalue weighted by Gasteiger charge is -2.38. The molecule has 1 aliphatic rings. The van der Waals surface area contributed by atoms with E-state index >= 15 is 0 Å². The van der Waals surface area contributed by atoms with Crippen molar-refractivity contribution >= 4 is 39.3 Å². The van der Waals surface area contributed by atoms with Gasteiger partial charge in [0.05, 0.1) is 11.7 Å². The third-order valence-corrected chi connectivity index (χ3v) is 5.03. The van der Waals surface area contributed by atoms with Crippen LogP contribution in [-0.4, -0.2) is 11.7 Å². The normalized spacial score (nSPS) is 17.0. The average Bonchev–Trinajstić information content (AvgIpc) is 2.52. The zero-order valence-corrected chi connectivity index (χ0v) is 17.2. The highest BCUT2D eigenvalue weighted by Crippen LogP contribution is 2.43. The molecule has 3 nitrogen and oxygen atoms in total. The molecule has 1 unspecified atom stereocenters. The second-order valence-electron chi connectivity index (χ2n) is 7.31. The second kappa shape index (κ2) is 7.20. The molecular formula is C20H20BrClFNO2. The maximum absolute atomic E-state index is 14.5. The molecule has 0 aliphatic carbocycles. The van der Waals surface area contributed by atoms with E-state index in [1.165, 1.54) is 11.0 Å². The Morgan fingerprint density at radius 1 is 1.31 bits per heavy atom. The summed E-state index contributed by atoms with van der Waals surface area (Å²) in [6, 6.07) is 10.3. The number of carbonyl (C=O) groups excluding carboxylic acids is 1. The highest BCUT2D eigenvalue weighted by molar-refractivity contribution is 9.10. The van der Waals surface area contributed by atoms with Gasteiger partial charge >= 0.3 is 6.09 Å². The molecule has 1 heterocycles. The predicted octanol–water partition coefficient (Wildman–Crippen LogP) is 6.67. The molecule has 0 aromatic heterocycles. The molecule has 0 saturated heterocycles.